The zero-order valence-corrected chi connectivity index (χ0v) is 11.9. The summed E-state index contributed by atoms with van der Waals surface area (Å²) < 4.78 is 7.54. The first-order valence-electron chi connectivity index (χ1n) is 6.80. The van der Waals surface area contributed by atoms with Crippen molar-refractivity contribution in [2.24, 2.45) is 0 Å². The molecule has 6 nitrogen and oxygen atoms in total. The predicted octanol–water partition coefficient (Wildman–Crippen LogP) is 2.15. The third-order valence-electron chi connectivity index (χ3n) is 2.77. The molecule has 0 amide bonds. The molecule has 108 valence electrons. The van der Waals surface area contributed by atoms with Gasteiger partial charge in [-0.3, -0.25) is 0 Å². The first-order chi connectivity index (χ1) is 9.69. The molecule has 6 heteroatoms. The molecule has 0 aliphatic heterocycles. The van der Waals surface area contributed by atoms with Crippen LogP contribution >= 0.6 is 0 Å². The summed E-state index contributed by atoms with van der Waals surface area (Å²) in [5, 5.41) is 3.33. The van der Waals surface area contributed by atoms with Gasteiger partial charge < -0.3 is 20.4 Å². The maximum Gasteiger partial charge on any atom is 0.239 e. The number of aromatic nitrogens is 3. The lowest BCUT2D eigenvalue weighted by Crippen LogP contribution is -2.22. The van der Waals surface area contributed by atoms with Crippen LogP contribution in [0.25, 0.3) is 0 Å². The van der Waals surface area contributed by atoms with Crippen molar-refractivity contribution in [2.75, 3.05) is 17.7 Å². The second-order valence-electron chi connectivity index (χ2n) is 4.74. The highest BCUT2D eigenvalue weighted by molar-refractivity contribution is 5.53. The Bertz CT molecular complexity index is 526. The summed E-state index contributed by atoms with van der Waals surface area (Å²) in [6.45, 7) is 5.57. The maximum absolute atomic E-state index is 5.84. The molecule has 1 unspecified atom stereocenters. The molecule has 0 bridgehead atoms. The van der Waals surface area contributed by atoms with Crippen molar-refractivity contribution in [1.29, 1.82) is 0 Å². The molecule has 2 aromatic heterocycles. The fourth-order valence-corrected chi connectivity index (χ4v) is 1.86. The summed E-state index contributed by atoms with van der Waals surface area (Å²) >= 11 is 0. The lowest BCUT2D eigenvalue weighted by atomic mass is 10.3. The van der Waals surface area contributed by atoms with Crippen LogP contribution in [0.4, 0.5) is 11.5 Å². The zero-order valence-electron chi connectivity index (χ0n) is 11.9. The minimum absolute atomic E-state index is 0.222. The Kier molecular flexibility index (Phi) is 4.81. The smallest absolute Gasteiger partial charge is 0.239 e. The van der Waals surface area contributed by atoms with E-state index in [1.54, 1.807) is 12.5 Å². The molecule has 0 saturated heterocycles. The average Bonchev–Trinajstić information content (AvgIpc) is 2.92. The summed E-state index contributed by atoms with van der Waals surface area (Å²) in [7, 11) is 0. The molecular formula is C14H21N5O. The van der Waals surface area contributed by atoms with Crippen LogP contribution < -0.4 is 15.8 Å². The Morgan fingerprint density at radius 1 is 1.45 bits per heavy atom. The highest BCUT2D eigenvalue weighted by Crippen LogP contribution is 2.21. The monoisotopic (exact) mass is 275 g/mol. The molecular weight excluding hydrogens is 254 g/mol. The van der Waals surface area contributed by atoms with Crippen molar-refractivity contribution in [1.82, 2.24) is 14.5 Å². The van der Waals surface area contributed by atoms with Crippen molar-refractivity contribution >= 4 is 11.5 Å². The lowest BCUT2D eigenvalue weighted by Gasteiger charge is -2.16. The van der Waals surface area contributed by atoms with Gasteiger partial charge in [0.05, 0.1) is 18.6 Å². The van der Waals surface area contributed by atoms with Crippen molar-refractivity contribution < 1.29 is 4.74 Å². The van der Waals surface area contributed by atoms with E-state index in [1.807, 2.05) is 29.8 Å². The summed E-state index contributed by atoms with van der Waals surface area (Å²) in [6.07, 6.45) is 6.43. The second-order valence-corrected chi connectivity index (χ2v) is 4.74. The second kappa shape index (κ2) is 6.79. The van der Waals surface area contributed by atoms with E-state index < -0.39 is 0 Å². The summed E-state index contributed by atoms with van der Waals surface area (Å²) in [4.78, 5) is 8.42. The molecule has 1 atom stereocenters. The van der Waals surface area contributed by atoms with Crippen LogP contribution in [0.15, 0.2) is 30.9 Å². The molecule has 0 fully saturated rings. The SMILES string of the molecule is CCCOc1nc(NC(C)Cn2ccnc2)ccc1N. The van der Waals surface area contributed by atoms with Gasteiger partial charge >= 0.3 is 0 Å². The highest BCUT2D eigenvalue weighted by atomic mass is 16.5. The largest absolute Gasteiger partial charge is 0.476 e. The van der Waals surface area contributed by atoms with E-state index in [0.717, 1.165) is 18.8 Å². The van der Waals surface area contributed by atoms with Gasteiger partial charge in [0, 0.05) is 25.0 Å². The molecule has 0 radical (unpaired) electrons. The van der Waals surface area contributed by atoms with E-state index in [4.69, 9.17) is 10.5 Å². The molecule has 3 N–H and O–H groups in total. The normalized spacial score (nSPS) is 12.1. The van der Waals surface area contributed by atoms with Crippen LogP contribution in [0.2, 0.25) is 0 Å². The predicted molar refractivity (Wildman–Crippen MR) is 79.7 cm³/mol. The number of nitrogen functional groups attached to an aromatic ring is 1. The first kappa shape index (κ1) is 14.2. The number of pyridine rings is 1. The molecule has 20 heavy (non-hydrogen) atoms. The fraction of sp³-hybridized carbons (Fsp3) is 0.429. The average molecular weight is 275 g/mol. The number of imidazole rings is 1. The number of nitrogens with two attached hydrogens (primary N) is 1. The Morgan fingerprint density at radius 2 is 2.30 bits per heavy atom. The Hall–Kier alpha value is -2.24. The van der Waals surface area contributed by atoms with E-state index in [2.05, 4.69) is 22.2 Å². The van der Waals surface area contributed by atoms with Crippen molar-refractivity contribution in [2.45, 2.75) is 32.9 Å². The maximum atomic E-state index is 5.84. The number of rotatable bonds is 7. The standard InChI is InChI=1S/C14H21N5O/c1-3-8-20-14-12(15)4-5-13(18-14)17-11(2)9-19-7-6-16-10-19/h4-7,10-11H,3,8-9,15H2,1-2H3,(H,17,18). The van der Waals surface area contributed by atoms with Crippen LogP contribution in [0, 0.1) is 0 Å². The minimum Gasteiger partial charge on any atom is -0.476 e. The highest BCUT2D eigenvalue weighted by Gasteiger charge is 2.07. The molecule has 2 rings (SSSR count). The van der Waals surface area contributed by atoms with Crippen LogP contribution in [0.1, 0.15) is 20.3 Å². The first-order valence-corrected chi connectivity index (χ1v) is 6.80. The minimum atomic E-state index is 0.222. The number of hydrogen-bond donors (Lipinski definition) is 2. The van der Waals surface area contributed by atoms with Gasteiger partial charge in [-0.1, -0.05) is 6.92 Å². The van der Waals surface area contributed by atoms with Crippen molar-refractivity contribution in [3.05, 3.63) is 30.9 Å². The fourth-order valence-electron chi connectivity index (χ4n) is 1.86. The van der Waals surface area contributed by atoms with E-state index in [-0.39, 0.29) is 6.04 Å². The van der Waals surface area contributed by atoms with E-state index in [1.165, 1.54) is 0 Å². The summed E-state index contributed by atoms with van der Waals surface area (Å²) in [5.41, 5.74) is 6.40. The molecule has 0 aromatic carbocycles. The zero-order chi connectivity index (χ0) is 14.4. The van der Waals surface area contributed by atoms with Gasteiger partial charge in [-0.05, 0) is 25.5 Å². The molecule has 2 heterocycles. The number of ether oxygens (including phenoxy) is 1. The third kappa shape index (κ3) is 3.88. The van der Waals surface area contributed by atoms with E-state index >= 15 is 0 Å². The van der Waals surface area contributed by atoms with Crippen LogP contribution in [-0.4, -0.2) is 27.2 Å². The molecule has 2 aromatic rings. The van der Waals surface area contributed by atoms with Gasteiger partial charge in [-0.2, -0.15) is 4.98 Å². The van der Waals surface area contributed by atoms with E-state index in [0.29, 0.717) is 18.2 Å². The molecule has 0 saturated carbocycles. The third-order valence-corrected chi connectivity index (χ3v) is 2.77. The van der Waals surface area contributed by atoms with Gasteiger partial charge in [0.1, 0.15) is 5.82 Å². The molecule has 0 spiro atoms. The Balaban J connectivity index is 1.98. The van der Waals surface area contributed by atoms with E-state index in [9.17, 15) is 0 Å². The van der Waals surface area contributed by atoms with Gasteiger partial charge in [-0.15, -0.1) is 0 Å². The number of nitrogens with zero attached hydrogens (tertiary/aromatic N) is 3. The summed E-state index contributed by atoms with van der Waals surface area (Å²) in [5.74, 6) is 1.25. The number of hydrogen-bond acceptors (Lipinski definition) is 5. The summed E-state index contributed by atoms with van der Waals surface area (Å²) in [6, 6.07) is 3.89. The van der Waals surface area contributed by atoms with Gasteiger partial charge in [-0.25, -0.2) is 4.98 Å². The van der Waals surface area contributed by atoms with Crippen molar-refractivity contribution in [3.63, 3.8) is 0 Å². The lowest BCUT2D eigenvalue weighted by molar-refractivity contribution is 0.307. The Labute approximate surface area is 119 Å². The number of anilines is 2. The van der Waals surface area contributed by atoms with Gasteiger partial charge in [0.2, 0.25) is 5.88 Å². The van der Waals surface area contributed by atoms with Crippen LogP contribution in [0.3, 0.4) is 0 Å². The van der Waals surface area contributed by atoms with Crippen LogP contribution in [0.5, 0.6) is 5.88 Å². The Morgan fingerprint density at radius 3 is 3.00 bits per heavy atom. The molecule has 0 aliphatic carbocycles. The topological polar surface area (TPSA) is 78.0 Å². The van der Waals surface area contributed by atoms with Gasteiger partial charge in [0.15, 0.2) is 0 Å². The number of nitrogens with one attached hydrogen (secondary N) is 1. The quantitative estimate of drug-likeness (QED) is 0.809. The van der Waals surface area contributed by atoms with Crippen molar-refractivity contribution in [3.8, 4) is 5.88 Å². The molecule has 0 aliphatic rings. The van der Waals surface area contributed by atoms with Crippen LogP contribution in [-0.2, 0) is 6.54 Å². The van der Waals surface area contributed by atoms with Gasteiger partial charge in [0.25, 0.3) is 0 Å².